The SMILES string of the molecule is COc1cc2c(cc1OC)C1=NC(=O)CN1C(SCc1cccc(F)c1)=N2. The van der Waals surface area contributed by atoms with Crippen molar-refractivity contribution in [3.63, 3.8) is 0 Å². The molecule has 6 nitrogen and oxygen atoms in total. The number of rotatable bonds is 4. The van der Waals surface area contributed by atoms with Gasteiger partial charge in [-0.3, -0.25) is 9.69 Å². The number of ether oxygens (including phenoxy) is 2. The third kappa shape index (κ3) is 3.28. The Morgan fingerprint density at radius 1 is 1.15 bits per heavy atom. The van der Waals surface area contributed by atoms with Gasteiger partial charge in [-0.05, 0) is 23.8 Å². The summed E-state index contributed by atoms with van der Waals surface area (Å²) in [4.78, 5) is 22.6. The smallest absolute Gasteiger partial charge is 0.267 e. The third-order valence-corrected chi connectivity index (χ3v) is 5.27. The second-order valence-electron chi connectivity index (χ2n) is 5.95. The van der Waals surface area contributed by atoms with Crippen molar-refractivity contribution in [1.82, 2.24) is 4.90 Å². The number of methoxy groups -OCH3 is 2. The van der Waals surface area contributed by atoms with Crippen LogP contribution in [0.2, 0.25) is 0 Å². The standard InChI is InChI=1S/C19H16FN3O3S/c1-25-15-7-13-14(8-16(15)26-2)21-19(23-9-17(24)22-18(13)23)27-10-11-4-3-5-12(20)6-11/h3-8H,9-10H2,1-2H3. The number of carbonyl (C=O) groups is 1. The van der Waals surface area contributed by atoms with Crippen LogP contribution in [0.4, 0.5) is 10.1 Å². The van der Waals surface area contributed by atoms with Gasteiger partial charge in [0, 0.05) is 17.4 Å². The van der Waals surface area contributed by atoms with Crippen LogP contribution in [0.15, 0.2) is 46.4 Å². The van der Waals surface area contributed by atoms with Crippen LogP contribution in [0, 0.1) is 5.82 Å². The van der Waals surface area contributed by atoms with E-state index < -0.39 is 0 Å². The van der Waals surface area contributed by atoms with Crippen LogP contribution in [-0.2, 0) is 10.5 Å². The van der Waals surface area contributed by atoms with Crippen molar-refractivity contribution < 1.29 is 18.7 Å². The van der Waals surface area contributed by atoms with Crippen molar-refractivity contribution in [3.05, 3.63) is 53.3 Å². The lowest BCUT2D eigenvalue weighted by atomic mass is 10.1. The highest BCUT2D eigenvalue weighted by molar-refractivity contribution is 8.13. The molecule has 0 unspecified atom stereocenters. The normalized spacial score (nSPS) is 15.1. The molecule has 0 saturated heterocycles. The molecule has 4 rings (SSSR count). The number of hydrogen-bond acceptors (Lipinski definition) is 6. The molecule has 2 aliphatic heterocycles. The van der Waals surface area contributed by atoms with Gasteiger partial charge in [0.1, 0.15) is 18.2 Å². The molecule has 2 aliphatic rings. The highest BCUT2D eigenvalue weighted by Gasteiger charge is 2.34. The van der Waals surface area contributed by atoms with Crippen LogP contribution in [0.5, 0.6) is 11.5 Å². The number of aliphatic imine (C=N–C) groups is 2. The molecule has 0 atom stereocenters. The van der Waals surface area contributed by atoms with E-state index in [9.17, 15) is 9.18 Å². The Labute approximate surface area is 159 Å². The summed E-state index contributed by atoms with van der Waals surface area (Å²) in [6.07, 6.45) is 0. The summed E-state index contributed by atoms with van der Waals surface area (Å²) in [5.74, 6) is 1.66. The van der Waals surface area contributed by atoms with Crippen LogP contribution < -0.4 is 9.47 Å². The first-order valence-electron chi connectivity index (χ1n) is 8.20. The number of fused-ring (bicyclic) bond motifs is 3. The highest BCUT2D eigenvalue weighted by atomic mass is 32.2. The number of halogens is 1. The largest absolute Gasteiger partial charge is 0.493 e. The van der Waals surface area contributed by atoms with Crippen molar-refractivity contribution in [2.75, 3.05) is 20.8 Å². The van der Waals surface area contributed by atoms with Gasteiger partial charge in [-0.15, -0.1) is 0 Å². The van der Waals surface area contributed by atoms with E-state index in [1.807, 2.05) is 6.07 Å². The zero-order valence-corrected chi connectivity index (χ0v) is 15.5. The van der Waals surface area contributed by atoms with E-state index >= 15 is 0 Å². The summed E-state index contributed by atoms with van der Waals surface area (Å²) in [6.45, 7) is 0.137. The number of amidine groups is 2. The molecule has 27 heavy (non-hydrogen) atoms. The van der Waals surface area contributed by atoms with Crippen LogP contribution in [0.25, 0.3) is 0 Å². The quantitative estimate of drug-likeness (QED) is 0.808. The number of amides is 1. The molecule has 8 heteroatoms. The number of carbonyl (C=O) groups excluding carboxylic acids is 1. The molecular formula is C19H16FN3O3S. The van der Waals surface area contributed by atoms with Gasteiger partial charge in [0.25, 0.3) is 5.91 Å². The molecule has 0 spiro atoms. The van der Waals surface area contributed by atoms with Crippen LogP contribution in [0.3, 0.4) is 0 Å². The number of thioether (sulfide) groups is 1. The molecule has 2 aromatic rings. The van der Waals surface area contributed by atoms with Gasteiger partial charge in [-0.2, -0.15) is 4.99 Å². The Morgan fingerprint density at radius 2 is 1.93 bits per heavy atom. The van der Waals surface area contributed by atoms with Crippen LogP contribution in [0.1, 0.15) is 11.1 Å². The first-order chi connectivity index (χ1) is 13.1. The molecular weight excluding hydrogens is 369 g/mol. The molecule has 0 fully saturated rings. The van der Waals surface area contributed by atoms with Crippen LogP contribution >= 0.6 is 11.8 Å². The number of nitrogens with zero attached hydrogens (tertiary/aromatic N) is 3. The minimum absolute atomic E-state index is 0.137. The Bertz CT molecular complexity index is 990. The zero-order valence-electron chi connectivity index (χ0n) is 14.7. The predicted molar refractivity (Wildman–Crippen MR) is 103 cm³/mol. The number of benzene rings is 2. The molecule has 0 N–H and O–H groups in total. The van der Waals surface area contributed by atoms with E-state index in [1.165, 1.54) is 23.9 Å². The average Bonchev–Trinajstić information content (AvgIpc) is 3.07. The number of hydrogen-bond donors (Lipinski definition) is 0. The van der Waals surface area contributed by atoms with Gasteiger partial charge in [0.15, 0.2) is 16.7 Å². The van der Waals surface area contributed by atoms with E-state index in [4.69, 9.17) is 9.47 Å². The van der Waals surface area contributed by atoms with Crippen molar-refractivity contribution in [3.8, 4) is 11.5 Å². The van der Waals surface area contributed by atoms with Gasteiger partial charge in [-0.25, -0.2) is 9.38 Å². The summed E-state index contributed by atoms with van der Waals surface area (Å²) >= 11 is 1.43. The van der Waals surface area contributed by atoms with Crippen molar-refractivity contribution >= 4 is 34.4 Å². The molecule has 0 aromatic heterocycles. The van der Waals surface area contributed by atoms with Crippen molar-refractivity contribution in [2.45, 2.75) is 5.75 Å². The fraction of sp³-hybridized carbons (Fsp3) is 0.211. The van der Waals surface area contributed by atoms with E-state index in [0.29, 0.717) is 39.5 Å². The summed E-state index contributed by atoms with van der Waals surface area (Å²) in [7, 11) is 3.11. The van der Waals surface area contributed by atoms with E-state index in [-0.39, 0.29) is 18.3 Å². The monoisotopic (exact) mass is 385 g/mol. The molecule has 0 bridgehead atoms. The van der Waals surface area contributed by atoms with Gasteiger partial charge in [0.2, 0.25) is 0 Å². The maximum Gasteiger partial charge on any atom is 0.267 e. The third-order valence-electron chi connectivity index (χ3n) is 4.23. The Morgan fingerprint density at radius 3 is 2.67 bits per heavy atom. The lowest BCUT2D eigenvalue weighted by Crippen LogP contribution is -2.36. The summed E-state index contributed by atoms with van der Waals surface area (Å²) < 4.78 is 24.1. The van der Waals surface area contributed by atoms with E-state index in [2.05, 4.69) is 9.98 Å². The van der Waals surface area contributed by atoms with Crippen molar-refractivity contribution in [2.24, 2.45) is 9.98 Å². The highest BCUT2D eigenvalue weighted by Crippen LogP contribution is 2.40. The zero-order chi connectivity index (χ0) is 19.0. The lowest BCUT2D eigenvalue weighted by molar-refractivity contribution is -0.116. The van der Waals surface area contributed by atoms with Gasteiger partial charge < -0.3 is 9.47 Å². The molecule has 1 amide bonds. The first-order valence-corrected chi connectivity index (χ1v) is 9.19. The minimum atomic E-state index is -0.278. The summed E-state index contributed by atoms with van der Waals surface area (Å²) in [5.41, 5.74) is 2.21. The van der Waals surface area contributed by atoms with Crippen molar-refractivity contribution in [1.29, 1.82) is 0 Å². The molecule has 2 aromatic carbocycles. The van der Waals surface area contributed by atoms with Crippen LogP contribution in [-0.4, -0.2) is 42.6 Å². The fourth-order valence-corrected chi connectivity index (χ4v) is 3.92. The Kier molecular flexibility index (Phi) is 4.57. The lowest BCUT2D eigenvalue weighted by Gasteiger charge is -2.27. The molecule has 0 radical (unpaired) electrons. The van der Waals surface area contributed by atoms with E-state index in [1.54, 1.807) is 37.3 Å². The fourth-order valence-electron chi connectivity index (χ4n) is 2.98. The molecule has 2 heterocycles. The topological polar surface area (TPSA) is 63.5 Å². The summed E-state index contributed by atoms with van der Waals surface area (Å²) in [6, 6.07) is 9.96. The van der Waals surface area contributed by atoms with Gasteiger partial charge in [-0.1, -0.05) is 23.9 Å². The maximum atomic E-state index is 13.4. The second kappa shape index (κ2) is 7.03. The minimum Gasteiger partial charge on any atom is -0.493 e. The molecule has 138 valence electrons. The molecule has 0 aliphatic carbocycles. The van der Waals surface area contributed by atoms with Gasteiger partial charge >= 0.3 is 0 Å². The molecule has 0 saturated carbocycles. The van der Waals surface area contributed by atoms with Gasteiger partial charge in [0.05, 0.1) is 19.9 Å². The van der Waals surface area contributed by atoms with E-state index in [0.717, 1.165) is 5.56 Å². The summed E-state index contributed by atoms with van der Waals surface area (Å²) in [5, 5.41) is 0.642. The Balaban J connectivity index is 1.71. The Hall–Kier alpha value is -2.87. The first kappa shape index (κ1) is 17.5. The predicted octanol–water partition coefficient (Wildman–Crippen LogP) is 3.37. The average molecular weight is 385 g/mol. The maximum absolute atomic E-state index is 13.4. The second-order valence-corrected chi connectivity index (χ2v) is 6.90.